The molecule has 7 heteroatoms. The highest BCUT2D eigenvalue weighted by Crippen LogP contribution is 2.18. The first kappa shape index (κ1) is 14.7. The number of benzene rings is 1. The van der Waals surface area contributed by atoms with Crippen molar-refractivity contribution in [3.63, 3.8) is 0 Å². The lowest BCUT2D eigenvalue weighted by Crippen LogP contribution is -2.26. The summed E-state index contributed by atoms with van der Waals surface area (Å²) in [6, 6.07) is 9.83. The Labute approximate surface area is 132 Å². The van der Waals surface area contributed by atoms with Gasteiger partial charge in [0.15, 0.2) is 5.82 Å². The van der Waals surface area contributed by atoms with Crippen molar-refractivity contribution in [3.05, 3.63) is 66.4 Å². The van der Waals surface area contributed by atoms with E-state index in [1.54, 1.807) is 36.5 Å². The molecule has 0 saturated carbocycles. The molecule has 7 nitrogen and oxygen atoms in total. The van der Waals surface area contributed by atoms with Crippen molar-refractivity contribution in [1.29, 1.82) is 0 Å². The van der Waals surface area contributed by atoms with Crippen molar-refractivity contribution in [2.45, 2.75) is 13.0 Å². The van der Waals surface area contributed by atoms with Crippen LogP contribution in [0.25, 0.3) is 5.82 Å². The first-order valence-electron chi connectivity index (χ1n) is 7.04. The molecule has 1 aromatic carbocycles. The zero-order valence-corrected chi connectivity index (χ0v) is 12.4. The molecule has 3 aromatic rings. The topological polar surface area (TPSA) is 92.9 Å². The maximum absolute atomic E-state index is 12.4. The molecule has 0 aliphatic carbocycles. The molecule has 0 radical (unpaired) electrons. The fourth-order valence-electron chi connectivity index (χ4n) is 2.17. The van der Waals surface area contributed by atoms with E-state index in [-0.39, 0.29) is 17.7 Å². The number of carbonyl (C=O) groups is 1. The highest BCUT2D eigenvalue weighted by Gasteiger charge is 2.13. The van der Waals surface area contributed by atoms with Gasteiger partial charge in [0.1, 0.15) is 18.4 Å². The molecule has 0 saturated heterocycles. The summed E-state index contributed by atoms with van der Waals surface area (Å²) < 4.78 is 1.48. The summed E-state index contributed by atoms with van der Waals surface area (Å²) >= 11 is 0. The standard InChI is InChI=1S/C16H15N5O2/c1-11(12-3-2-4-14(22)7-12)20-16(23)13-5-6-18-15(8-13)21-10-17-9-19-21/h2-11,22H,1H3,(H,20,23)/t11-/m1/s1. The van der Waals surface area contributed by atoms with E-state index in [0.717, 1.165) is 5.56 Å². The van der Waals surface area contributed by atoms with Crippen LogP contribution in [-0.4, -0.2) is 30.8 Å². The summed E-state index contributed by atoms with van der Waals surface area (Å²) in [4.78, 5) is 20.4. The maximum atomic E-state index is 12.4. The Hall–Kier alpha value is -3.22. The third-order valence-electron chi connectivity index (χ3n) is 3.38. The van der Waals surface area contributed by atoms with Crippen molar-refractivity contribution in [2.24, 2.45) is 0 Å². The van der Waals surface area contributed by atoms with Gasteiger partial charge in [-0.1, -0.05) is 12.1 Å². The van der Waals surface area contributed by atoms with Crippen LogP contribution >= 0.6 is 0 Å². The Morgan fingerprint density at radius 1 is 1.30 bits per heavy atom. The molecule has 2 heterocycles. The molecule has 0 unspecified atom stereocenters. The van der Waals surface area contributed by atoms with E-state index in [1.807, 2.05) is 13.0 Å². The van der Waals surface area contributed by atoms with E-state index in [9.17, 15) is 9.90 Å². The summed E-state index contributed by atoms with van der Waals surface area (Å²) in [6.45, 7) is 1.85. The number of aromatic hydroxyl groups is 1. The average Bonchev–Trinajstić information content (AvgIpc) is 3.09. The van der Waals surface area contributed by atoms with E-state index in [4.69, 9.17) is 0 Å². The van der Waals surface area contributed by atoms with Gasteiger partial charge in [-0.2, -0.15) is 5.10 Å². The van der Waals surface area contributed by atoms with E-state index in [2.05, 4.69) is 20.4 Å². The molecule has 3 rings (SSSR count). The van der Waals surface area contributed by atoms with E-state index in [1.165, 1.54) is 17.3 Å². The quantitative estimate of drug-likeness (QED) is 0.767. The molecule has 0 aliphatic heterocycles. The second-order valence-electron chi connectivity index (χ2n) is 5.03. The van der Waals surface area contributed by atoms with E-state index < -0.39 is 0 Å². The molecule has 1 amide bonds. The van der Waals surface area contributed by atoms with Crippen LogP contribution in [0.5, 0.6) is 5.75 Å². The van der Waals surface area contributed by atoms with Gasteiger partial charge in [-0.15, -0.1) is 0 Å². The number of rotatable bonds is 4. The fourth-order valence-corrected chi connectivity index (χ4v) is 2.17. The molecule has 0 fully saturated rings. The van der Waals surface area contributed by atoms with Crippen LogP contribution in [-0.2, 0) is 0 Å². The molecule has 0 aliphatic rings. The molecule has 2 aromatic heterocycles. The summed E-state index contributed by atoms with van der Waals surface area (Å²) in [5.41, 5.74) is 1.29. The largest absolute Gasteiger partial charge is 0.508 e. The van der Waals surface area contributed by atoms with Crippen LogP contribution < -0.4 is 5.32 Å². The number of nitrogens with zero attached hydrogens (tertiary/aromatic N) is 4. The molecule has 23 heavy (non-hydrogen) atoms. The van der Waals surface area contributed by atoms with Gasteiger partial charge in [-0.05, 0) is 36.8 Å². The van der Waals surface area contributed by atoms with Crippen molar-refractivity contribution < 1.29 is 9.90 Å². The number of pyridine rings is 1. The van der Waals surface area contributed by atoms with Crippen LogP contribution in [0, 0.1) is 0 Å². The fraction of sp³-hybridized carbons (Fsp3) is 0.125. The smallest absolute Gasteiger partial charge is 0.251 e. The van der Waals surface area contributed by atoms with Crippen molar-refractivity contribution >= 4 is 5.91 Å². The van der Waals surface area contributed by atoms with Gasteiger partial charge in [0.05, 0.1) is 6.04 Å². The minimum absolute atomic E-state index is 0.168. The van der Waals surface area contributed by atoms with Gasteiger partial charge in [-0.3, -0.25) is 4.79 Å². The van der Waals surface area contributed by atoms with Crippen molar-refractivity contribution in [1.82, 2.24) is 25.1 Å². The van der Waals surface area contributed by atoms with Crippen LogP contribution in [0.15, 0.2) is 55.2 Å². The minimum Gasteiger partial charge on any atom is -0.508 e. The second-order valence-corrected chi connectivity index (χ2v) is 5.03. The van der Waals surface area contributed by atoms with Gasteiger partial charge in [0.2, 0.25) is 0 Å². The van der Waals surface area contributed by atoms with Crippen LogP contribution in [0.4, 0.5) is 0 Å². The van der Waals surface area contributed by atoms with Gasteiger partial charge < -0.3 is 10.4 Å². The Balaban J connectivity index is 1.77. The Morgan fingerprint density at radius 3 is 2.91 bits per heavy atom. The van der Waals surface area contributed by atoms with Crippen LogP contribution in [0.1, 0.15) is 28.9 Å². The lowest BCUT2D eigenvalue weighted by Gasteiger charge is -2.15. The third kappa shape index (κ3) is 3.34. The number of nitrogens with one attached hydrogen (secondary N) is 1. The molecule has 2 N–H and O–H groups in total. The zero-order valence-electron chi connectivity index (χ0n) is 12.4. The highest BCUT2D eigenvalue weighted by atomic mass is 16.3. The second kappa shape index (κ2) is 6.27. The van der Waals surface area contributed by atoms with Gasteiger partial charge in [0.25, 0.3) is 5.91 Å². The molecule has 1 atom stereocenters. The van der Waals surface area contributed by atoms with Gasteiger partial charge >= 0.3 is 0 Å². The number of hydrogen-bond acceptors (Lipinski definition) is 5. The number of carbonyl (C=O) groups excluding carboxylic acids is 1. The molecular weight excluding hydrogens is 294 g/mol. The number of hydrogen-bond donors (Lipinski definition) is 2. The van der Waals surface area contributed by atoms with E-state index in [0.29, 0.717) is 11.4 Å². The number of amides is 1. The highest BCUT2D eigenvalue weighted by molar-refractivity contribution is 5.94. The number of phenolic OH excluding ortho intramolecular Hbond substituents is 1. The number of aromatic nitrogens is 4. The normalized spacial score (nSPS) is 11.9. The average molecular weight is 309 g/mol. The van der Waals surface area contributed by atoms with Gasteiger partial charge in [-0.25, -0.2) is 14.6 Å². The first-order chi connectivity index (χ1) is 11.1. The van der Waals surface area contributed by atoms with Crippen molar-refractivity contribution in [2.75, 3.05) is 0 Å². The lowest BCUT2D eigenvalue weighted by atomic mass is 10.1. The monoisotopic (exact) mass is 309 g/mol. The predicted octanol–water partition coefficient (Wildman–Crippen LogP) is 1.86. The summed E-state index contributed by atoms with van der Waals surface area (Å²) in [6.07, 6.45) is 4.46. The summed E-state index contributed by atoms with van der Waals surface area (Å²) in [5, 5.41) is 16.4. The zero-order chi connectivity index (χ0) is 16.2. The predicted molar refractivity (Wildman–Crippen MR) is 83.1 cm³/mol. The number of phenols is 1. The van der Waals surface area contributed by atoms with Crippen LogP contribution in [0.3, 0.4) is 0 Å². The summed E-state index contributed by atoms with van der Waals surface area (Å²) in [5.74, 6) is 0.450. The molecule has 116 valence electrons. The first-order valence-corrected chi connectivity index (χ1v) is 7.04. The van der Waals surface area contributed by atoms with Crippen LogP contribution in [0.2, 0.25) is 0 Å². The Bertz CT molecular complexity index is 817. The summed E-state index contributed by atoms with van der Waals surface area (Å²) in [7, 11) is 0. The Kier molecular flexibility index (Phi) is 4.01. The third-order valence-corrected chi connectivity index (χ3v) is 3.38. The van der Waals surface area contributed by atoms with Gasteiger partial charge in [0, 0.05) is 11.8 Å². The molecule has 0 spiro atoms. The molecule has 0 bridgehead atoms. The van der Waals surface area contributed by atoms with E-state index >= 15 is 0 Å². The SMILES string of the molecule is C[C@@H](NC(=O)c1ccnc(-n2cncn2)c1)c1cccc(O)c1. The lowest BCUT2D eigenvalue weighted by molar-refractivity contribution is 0.0939. The minimum atomic E-state index is -0.238. The maximum Gasteiger partial charge on any atom is 0.251 e. The Morgan fingerprint density at radius 2 is 2.17 bits per heavy atom. The van der Waals surface area contributed by atoms with Crippen molar-refractivity contribution in [3.8, 4) is 11.6 Å². The molecular formula is C16H15N5O2.